The lowest BCUT2D eigenvalue weighted by atomic mass is 10.1. The third kappa shape index (κ3) is 7.51. The fourth-order valence-electron chi connectivity index (χ4n) is 0.986. The van der Waals surface area contributed by atoms with Gasteiger partial charge < -0.3 is 5.32 Å². The second kappa shape index (κ2) is 6.57. The molecule has 0 aromatic rings. The smallest absolute Gasteiger partial charge is 0.238 e. The maximum atomic E-state index is 11.5. The van der Waals surface area contributed by atoms with E-state index in [0.717, 1.165) is 18.6 Å². The maximum Gasteiger partial charge on any atom is 0.238 e. The predicted molar refractivity (Wildman–Crippen MR) is 65.2 cm³/mol. The Labute approximate surface area is 96.2 Å². The molecule has 0 radical (unpaired) electrons. The van der Waals surface area contributed by atoms with Crippen molar-refractivity contribution >= 4 is 29.3 Å². The van der Waals surface area contributed by atoms with E-state index in [0.29, 0.717) is 0 Å². The summed E-state index contributed by atoms with van der Waals surface area (Å²) in [5.74, 6) is 1.01. The minimum atomic E-state index is -0.388. The minimum absolute atomic E-state index is 0.0553. The molecular weight excluding hydrogens is 218 g/mol. The van der Waals surface area contributed by atoms with E-state index in [9.17, 15) is 4.79 Å². The van der Waals surface area contributed by atoms with Crippen LogP contribution in [0.15, 0.2) is 0 Å². The number of hydrogen-bond acceptors (Lipinski definition) is 2. The number of halogens is 1. The quantitative estimate of drug-likeness (QED) is 0.589. The summed E-state index contributed by atoms with van der Waals surface area (Å²) in [4.78, 5) is 11.5. The van der Waals surface area contributed by atoms with Gasteiger partial charge in [0.1, 0.15) is 5.38 Å². The van der Waals surface area contributed by atoms with Gasteiger partial charge >= 0.3 is 0 Å². The molecule has 1 amide bonds. The van der Waals surface area contributed by atoms with Crippen molar-refractivity contribution in [3.05, 3.63) is 0 Å². The molecule has 0 aliphatic carbocycles. The summed E-state index contributed by atoms with van der Waals surface area (Å²) in [5.41, 5.74) is -0.191. The number of thioether (sulfide) groups is 1. The first-order chi connectivity index (χ1) is 6.37. The Kier molecular flexibility index (Phi) is 6.62. The summed E-state index contributed by atoms with van der Waals surface area (Å²) in [6.45, 7) is 5.86. The summed E-state index contributed by atoms with van der Waals surface area (Å²) in [7, 11) is 0. The molecule has 0 aliphatic rings. The molecule has 4 heteroatoms. The lowest BCUT2D eigenvalue weighted by molar-refractivity contribution is -0.122. The van der Waals surface area contributed by atoms with Crippen LogP contribution < -0.4 is 5.32 Å². The summed E-state index contributed by atoms with van der Waals surface area (Å²) in [6, 6.07) is 0. The number of alkyl halides is 1. The highest BCUT2D eigenvalue weighted by molar-refractivity contribution is 7.98. The third-order valence-corrected chi connectivity index (χ3v) is 2.70. The lowest BCUT2D eigenvalue weighted by Crippen LogP contribution is -2.44. The van der Waals surface area contributed by atoms with E-state index in [1.54, 1.807) is 11.8 Å². The summed E-state index contributed by atoms with van der Waals surface area (Å²) >= 11 is 7.73. The number of amides is 1. The number of carbonyl (C=O) groups excluding carboxylic acids is 1. The zero-order valence-electron chi connectivity index (χ0n) is 9.39. The van der Waals surface area contributed by atoms with Crippen molar-refractivity contribution in [1.29, 1.82) is 0 Å². The monoisotopic (exact) mass is 237 g/mol. The number of nitrogens with one attached hydrogen (secondary N) is 1. The van der Waals surface area contributed by atoms with Gasteiger partial charge in [-0.25, -0.2) is 0 Å². The molecule has 0 aliphatic heterocycles. The van der Waals surface area contributed by atoms with Crippen LogP contribution in [0.2, 0.25) is 0 Å². The van der Waals surface area contributed by atoms with Gasteiger partial charge in [-0.05, 0) is 45.6 Å². The number of hydrogen-bond donors (Lipinski definition) is 1. The van der Waals surface area contributed by atoms with E-state index in [4.69, 9.17) is 11.6 Å². The zero-order valence-corrected chi connectivity index (χ0v) is 11.0. The standard InChI is InChI=1S/C10H20ClNOS/c1-10(2,3)12-9(13)8(11)6-5-7-14-4/h8H,5-7H2,1-4H3,(H,12,13). The Morgan fingerprint density at radius 2 is 2.07 bits per heavy atom. The van der Waals surface area contributed by atoms with Crippen molar-refractivity contribution in [2.45, 2.75) is 44.5 Å². The van der Waals surface area contributed by atoms with E-state index < -0.39 is 0 Å². The largest absolute Gasteiger partial charge is 0.350 e. The number of carbonyl (C=O) groups is 1. The van der Waals surface area contributed by atoms with Crippen LogP contribution in [-0.2, 0) is 4.79 Å². The van der Waals surface area contributed by atoms with Crippen molar-refractivity contribution < 1.29 is 4.79 Å². The van der Waals surface area contributed by atoms with Crippen LogP contribution in [0.5, 0.6) is 0 Å². The van der Waals surface area contributed by atoms with Gasteiger partial charge in [-0.15, -0.1) is 11.6 Å². The van der Waals surface area contributed by atoms with Crippen LogP contribution in [0.25, 0.3) is 0 Å². The Hall–Kier alpha value is 0.110. The van der Waals surface area contributed by atoms with E-state index in [1.807, 2.05) is 20.8 Å². The van der Waals surface area contributed by atoms with Gasteiger partial charge in [0.05, 0.1) is 0 Å². The molecule has 0 spiro atoms. The Balaban J connectivity index is 3.77. The van der Waals surface area contributed by atoms with Crippen LogP contribution in [0, 0.1) is 0 Å². The van der Waals surface area contributed by atoms with E-state index in [-0.39, 0.29) is 16.8 Å². The highest BCUT2D eigenvalue weighted by Gasteiger charge is 2.20. The fraction of sp³-hybridized carbons (Fsp3) is 0.900. The molecule has 1 unspecified atom stereocenters. The third-order valence-electron chi connectivity index (χ3n) is 1.59. The van der Waals surface area contributed by atoms with Crippen LogP contribution in [-0.4, -0.2) is 28.8 Å². The van der Waals surface area contributed by atoms with Crippen LogP contribution in [0.4, 0.5) is 0 Å². The van der Waals surface area contributed by atoms with Crippen molar-refractivity contribution in [3.8, 4) is 0 Å². The minimum Gasteiger partial charge on any atom is -0.350 e. The molecule has 0 saturated carbocycles. The molecule has 0 aromatic carbocycles. The second-order valence-corrected chi connectivity index (χ2v) is 5.85. The number of rotatable bonds is 5. The van der Waals surface area contributed by atoms with Gasteiger partial charge in [-0.2, -0.15) is 11.8 Å². The summed E-state index contributed by atoms with van der Waals surface area (Å²) < 4.78 is 0. The fourth-order valence-corrected chi connectivity index (χ4v) is 1.65. The van der Waals surface area contributed by atoms with Crippen LogP contribution in [0.1, 0.15) is 33.6 Å². The normalized spacial score (nSPS) is 13.8. The van der Waals surface area contributed by atoms with Gasteiger partial charge in [0.15, 0.2) is 0 Å². The molecule has 0 rings (SSSR count). The zero-order chi connectivity index (χ0) is 11.2. The van der Waals surface area contributed by atoms with Crippen LogP contribution >= 0.6 is 23.4 Å². The highest BCUT2D eigenvalue weighted by atomic mass is 35.5. The molecule has 0 aromatic heterocycles. The first kappa shape index (κ1) is 14.1. The molecule has 14 heavy (non-hydrogen) atoms. The topological polar surface area (TPSA) is 29.1 Å². The average Bonchev–Trinajstić information content (AvgIpc) is 2.01. The SMILES string of the molecule is CSCCCC(Cl)C(=O)NC(C)(C)C. The second-order valence-electron chi connectivity index (χ2n) is 4.34. The van der Waals surface area contributed by atoms with Crippen LogP contribution in [0.3, 0.4) is 0 Å². The molecule has 2 nitrogen and oxygen atoms in total. The maximum absolute atomic E-state index is 11.5. The van der Waals surface area contributed by atoms with Crippen molar-refractivity contribution in [2.24, 2.45) is 0 Å². The van der Waals surface area contributed by atoms with Crippen molar-refractivity contribution in [1.82, 2.24) is 5.32 Å². The van der Waals surface area contributed by atoms with Crippen molar-refractivity contribution in [3.63, 3.8) is 0 Å². The Morgan fingerprint density at radius 1 is 1.50 bits per heavy atom. The molecular formula is C10H20ClNOS. The molecule has 0 saturated heterocycles. The summed E-state index contributed by atoms with van der Waals surface area (Å²) in [6.07, 6.45) is 3.80. The van der Waals surface area contributed by atoms with Crippen molar-refractivity contribution in [2.75, 3.05) is 12.0 Å². The highest BCUT2D eigenvalue weighted by Crippen LogP contribution is 2.10. The first-order valence-corrected chi connectivity index (χ1v) is 6.65. The molecule has 0 fully saturated rings. The van der Waals surface area contributed by atoms with E-state index >= 15 is 0 Å². The van der Waals surface area contributed by atoms with Gasteiger partial charge in [-0.3, -0.25) is 4.79 Å². The lowest BCUT2D eigenvalue weighted by Gasteiger charge is -2.22. The molecule has 0 bridgehead atoms. The molecule has 84 valence electrons. The van der Waals surface area contributed by atoms with Gasteiger partial charge in [-0.1, -0.05) is 0 Å². The van der Waals surface area contributed by atoms with Gasteiger partial charge in [0.25, 0.3) is 0 Å². The molecule has 1 N–H and O–H groups in total. The Morgan fingerprint density at radius 3 is 2.50 bits per heavy atom. The van der Waals surface area contributed by atoms with E-state index in [1.165, 1.54) is 0 Å². The van der Waals surface area contributed by atoms with Gasteiger partial charge in [0, 0.05) is 5.54 Å². The summed E-state index contributed by atoms with van der Waals surface area (Å²) in [5, 5.41) is 2.48. The predicted octanol–water partition coefficient (Wildman–Crippen LogP) is 2.65. The molecule has 0 heterocycles. The Bertz CT molecular complexity index is 179. The van der Waals surface area contributed by atoms with E-state index in [2.05, 4.69) is 11.6 Å². The van der Waals surface area contributed by atoms with Gasteiger partial charge in [0.2, 0.25) is 5.91 Å². The molecule has 1 atom stereocenters. The first-order valence-electron chi connectivity index (χ1n) is 4.82. The average molecular weight is 238 g/mol.